The summed E-state index contributed by atoms with van der Waals surface area (Å²) in [6.45, 7) is 7.11. The lowest BCUT2D eigenvalue weighted by atomic mass is 10.1. The predicted molar refractivity (Wildman–Crippen MR) is 135 cm³/mol. The van der Waals surface area contributed by atoms with Crippen molar-refractivity contribution in [1.29, 1.82) is 0 Å². The predicted octanol–water partition coefficient (Wildman–Crippen LogP) is 3.18. The molecule has 1 atom stereocenters. The number of benzene rings is 1. The SMILES string of the molecule is CCNC(=O)Nc1ccc(-c2nc(N[C@@H](C)CO)cc(C(C)(C)S(=O)(=O)c3ccccn3)n2)cc1. The number of anilines is 2. The highest BCUT2D eigenvalue weighted by Gasteiger charge is 2.40. The standard InChI is InChI=1S/C24H30N6O4S/c1-5-25-23(32)28-18-11-9-17(10-12-18)22-29-19(14-20(30-22)27-16(2)15-31)24(3,4)35(33,34)21-8-6-7-13-26-21/h6-14,16,31H,5,15H2,1-4H3,(H2,25,28,32)(H,27,29,30)/t16-/m0/s1. The zero-order valence-electron chi connectivity index (χ0n) is 20.1. The molecule has 11 heteroatoms. The zero-order valence-corrected chi connectivity index (χ0v) is 20.9. The number of hydrogen-bond acceptors (Lipinski definition) is 8. The van der Waals surface area contributed by atoms with E-state index < -0.39 is 14.6 Å². The molecule has 35 heavy (non-hydrogen) atoms. The Kier molecular flexibility index (Phi) is 8.03. The number of urea groups is 1. The Morgan fingerprint density at radius 2 is 1.83 bits per heavy atom. The minimum absolute atomic E-state index is 0.0517. The van der Waals surface area contributed by atoms with Crippen LogP contribution in [-0.4, -0.2) is 53.7 Å². The second kappa shape index (κ2) is 10.8. The molecule has 10 nitrogen and oxygen atoms in total. The number of rotatable bonds is 9. The third-order valence-electron chi connectivity index (χ3n) is 5.33. The van der Waals surface area contributed by atoms with Crippen molar-refractivity contribution in [3.05, 3.63) is 60.4 Å². The van der Waals surface area contributed by atoms with E-state index in [2.05, 4.69) is 30.9 Å². The first-order valence-electron chi connectivity index (χ1n) is 11.2. The number of hydrogen-bond donors (Lipinski definition) is 4. The Morgan fingerprint density at radius 1 is 1.11 bits per heavy atom. The summed E-state index contributed by atoms with van der Waals surface area (Å²) in [5, 5.41) is 17.9. The van der Waals surface area contributed by atoms with E-state index >= 15 is 0 Å². The molecule has 0 aliphatic rings. The first-order chi connectivity index (χ1) is 16.6. The Balaban J connectivity index is 2.05. The minimum Gasteiger partial charge on any atom is -0.394 e. The van der Waals surface area contributed by atoms with Gasteiger partial charge in [0.2, 0.25) is 9.84 Å². The number of amides is 2. The fourth-order valence-electron chi connectivity index (χ4n) is 3.20. The van der Waals surface area contributed by atoms with Gasteiger partial charge in [0.1, 0.15) is 10.6 Å². The maximum Gasteiger partial charge on any atom is 0.319 e. The van der Waals surface area contributed by atoms with Gasteiger partial charge >= 0.3 is 6.03 Å². The van der Waals surface area contributed by atoms with Crippen LogP contribution in [0.5, 0.6) is 0 Å². The van der Waals surface area contributed by atoms with E-state index in [1.54, 1.807) is 63.2 Å². The van der Waals surface area contributed by atoms with Crippen molar-refractivity contribution in [2.75, 3.05) is 23.8 Å². The summed E-state index contributed by atoms with van der Waals surface area (Å²) in [6, 6.07) is 12.5. The highest BCUT2D eigenvalue weighted by atomic mass is 32.2. The van der Waals surface area contributed by atoms with Gasteiger partial charge in [0.05, 0.1) is 12.3 Å². The molecule has 0 fully saturated rings. The molecule has 0 bridgehead atoms. The largest absolute Gasteiger partial charge is 0.394 e. The van der Waals surface area contributed by atoms with Crippen molar-refractivity contribution in [1.82, 2.24) is 20.3 Å². The van der Waals surface area contributed by atoms with Crippen molar-refractivity contribution in [2.45, 2.75) is 43.5 Å². The number of aromatic nitrogens is 3. The minimum atomic E-state index is -3.90. The average Bonchev–Trinajstić information content (AvgIpc) is 2.84. The van der Waals surface area contributed by atoms with Crippen molar-refractivity contribution < 1.29 is 18.3 Å². The van der Waals surface area contributed by atoms with Gasteiger partial charge in [0.25, 0.3) is 0 Å². The van der Waals surface area contributed by atoms with Gasteiger partial charge in [-0.05, 0) is 64.1 Å². The van der Waals surface area contributed by atoms with E-state index in [4.69, 9.17) is 0 Å². The fraction of sp³-hybridized carbons (Fsp3) is 0.333. The summed E-state index contributed by atoms with van der Waals surface area (Å²) in [5.41, 5.74) is 1.48. The molecular formula is C24H30N6O4S. The van der Waals surface area contributed by atoms with E-state index in [0.29, 0.717) is 29.4 Å². The number of carbonyl (C=O) groups is 1. The Morgan fingerprint density at radius 3 is 2.43 bits per heavy atom. The molecule has 0 spiro atoms. The van der Waals surface area contributed by atoms with Gasteiger partial charge in [-0.15, -0.1) is 0 Å². The van der Waals surface area contributed by atoms with Crippen LogP contribution in [0.3, 0.4) is 0 Å². The second-order valence-electron chi connectivity index (χ2n) is 8.43. The van der Waals surface area contributed by atoms with Crippen LogP contribution in [-0.2, 0) is 14.6 Å². The van der Waals surface area contributed by atoms with Crippen LogP contribution < -0.4 is 16.0 Å². The van der Waals surface area contributed by atoms with Crippen LogP contribution in [0.15, 0.2) is 59.8 Å². The average molecular weight is 499 g/mol. The van der Waals surface area contributed by atoms with E-state index in [0.717, 1.165) is 0 Å². The highest BCUT2D eigenvalue weighted by Crippen LogP contribution is 2.35. The van der Waals surface area contributed by atoms with E-state index in [1.165, 1.54) is 12.3 Å². The summed E-state index contributed by atoms with van der Waals surface area (Å²) < 4.78 is 25.5. The molecule has 2 amide bonds. The van der Waals surface area contributed by atoms with Gasteiger partial charge in [0.15, 0.2) is 10.9 Å². The van der Waals surface area contributed by atoms with Crippen LogP contribution in [0, 0.1) is 0 Å². The third-order valence-corrected chi connectivity index (χ3v) is 7.68. The molecule has 0 unspecified atom stereocenters. The Labute approximate surface area is 205 Å². The lowest BCUT2D eigenvalue weighted by Gasteiger charge is -2.25. The molecular weight excluding hydrogens is 468 g/mol. The van der Waals surface area contributed by atoms with Crippen LogP contribution in [0.4, 0.5) is 16.3 Å². The summed E-state index contributed by atoms with van der Waals surface area (Å²) in [4.78, 5) is 24.9. The molecule has 0 saturated carbocycles. The second-order valence-corrected chi connectivity index (χ2v) is 10.9. The van der Waals surface area contributed by atoms with E-state index in [-0.39, 0.29) is 29.4 Å². The fourth-order valence-corrected chi connectivity index (χ4v) is 4.56. The van der Waals surface area contributed by atoms with Gasteiger partial charge in [0, 0.05) is 36.1 Å². The lowest BCUT2D eigenvalue weighted by Crippen LogP contribution is -2.32. The molecule has 2 heterocycles. The number of nitrogens with one attached hydrogen (secondary N) is 3. The normalized spacial score (nSPS) is 12.6. The monoisotopic (exact) mass is 498 g/mol. The zero-order chi connectivity index (χ0) is 25.6. The molecule has 186 valence electrons. The van der Waals surface area contributed by atoms with Crippen LogP contribution in [0.2, 0.25) is 0 Å². The third kappa shape index (κ3) is 5.92. The van der Waals surface area contributed by atoms with Crippen LogP contribution >= 0.6 is 0 Å². The summed E-state index contributed by atoms with van der Waals surface area (Å²) >= 11 is 0. The van der Waals surface area contributed by atoms with Gasteiger partial charge < -0.3 is 21.1 Å². The highest BCUT2D eigenvalue weighted by molar-refractivity contribution is 7.92. The first kappa shape index (κ1) is 26.0. The summed E-state index contributed by atoms with van der Waals surface area (Å²) in [5.74, 6) is 0.671. The number of pyridine rings is 1. The van der Waals surface area contributed by atoms with Gasteiger partial charge in [-0.3, -0.25) is 0 Å². The summed E-state index contributed by atoms with van der Waals surface area (Å²) in [7, 11) is -3.90. The maximum absolute atomic E-state index is 13.5. The molecule has 1 aromatic carbocycles. The molecule has 4 N–H and O–H groups in total. The first-order valence-corrected chi connectivity index (χ1v) is 12.6. The molecule has 2 aromatic heterocycles. The molecule has 0 saturated heterocycles. The number of sulfone groups is 1. The summed E-state index contributed by atoms with van der Waals surface area (Å²) in [6.07, 6.45) is 1.43. The quantitative estimate of drug-likeness (QED) is 0.352. The van der Waals surface area contributed by atoms with Crippen molar-refractivity contribution >= 4 is 27.4 Å². The van der Waals surface area contributed by atoms with Crippen molar-refractivity contribution in [2.24, 2.45) is 0 Å². The molecule has 0 aliphatic carbocycles. The Bertz CT molecular complexity index is 1260. The number of aliphatic hydroxyl groups is 1. The smallest absolute Gasteiger partial charge is 0.319 e. The van der Waals surface area contributed by atoms with Crippen molar-refractivity contribution in [3.63, 3.8) is 0 Å². The molecule has 3 aromatic rings. The van der Waals surface area contributed by atoms with Crippen molar-refractivity contribution in [3.8, 4) is 11.4 Å². The van der Waals surface area contributed by atoms with E-state index in [9.17, 15) is 18.3 Å². The number of nitrogens with zero attached hydrogens (tertiary/aromatic N) is 3. The molecule has 0 radical (unpaired) electrons. The van der Waals surface area contributed by atoms with E-state index in [1.807, 2.05) is 6.92 Å². The van der Waals surface area contributed by atoms with Gasteiger partial charge in [-0.1, -0.05) is 6.07 Å². The van der Waals surface area contributed by atoms with Crippen LogP contribution in [0.1, 0.15) is 33.4 Å². The molecule has 3 rings (SSSR count). The number of aliphatic hydroxyl groups excluding tert-OH is 1. The topological polar surface area (TPSA) is 146 Å². The van der Waals surface area contributed by atoms with Gasteiger partial charge in [-0.25, -0.2) is 28.2 Å². The molecule has 0 aliphatic heterocycles. The Hall–Kier alpha value is -3.57. The van der Waals surface area contributed by atoms with Gasteiger partial charge in [-0.2, -0.15) is 0 Å². The maximum atomic E-state index is 13.5. The lowest BCUT2D eigenvalue weighted by molar-refractivity contribution is 0.252. The number of carbonyl (C=O) groups excluding carboxylic acids is 1. The van der Waals surface area contributed by atoms with Crippen LogP contribution in [0.25, 0.3) is 11.4 Å².